The first-order valence-electron chi connectivity index (χ1n) is 19.7. The average molecular weight is 689 g/mol. The highest BCUT2D eigenvalue weighted by molar-refractivity contribution is 6.99. The Labute approximate surface area is 303 Å². The van der Waals surface area contributed by atoms with Gasteiger partial charge in [-0.3, -0.25) is 4.79 Å². The van der Waals surface area contributed by atoms with Crippen LogP contribution in [0.5, 0.6) is 0 Å². The smallest absolute Gasteiger partial charge is 0.261 e. The Morgan fingerprint density at radius 3 is 2.08 bits per heavy atom. The number of carbonyl (C=O) groups excluding carboxylic acids is 1. The number of aryl methyl sites for hydroxylation is 1. The predicted molar refractivity (Wildman–Crippen MR) is 208 cm³/mol. The summed E-state index contributed by atoms with van der Waals surface area (Å²) in [6.07, 6.45) is 14.3. The first-order chi connectivity index (χ1) is 24.0. The van der Waals surface area contributed by atoms with E-state index < -0.39 is 8.32 Å². The molecule has 1 unspecified atom stereocenters. The number of allylic oxidation sites excluding steroid dienone is 1. The molecule has 0 aromatic heterocycles. The molecule has 0 radical (unpaired) electrons. The fourth-order valence-corrected chi connectivity index (χ4v) is 16.5. The summed E-state index contributed by atoms with van der Waals surface area (Å²) in [5.74, 6) is 2.89. The first-order valence-corrected chi connectivity index (χ1v) is 21.6. The van der Waals surface area contributed by atoms with Crippen molar-refractivity contribution in [2.45, 2.75) is 123 Å². The van der Waals surface area contributed by atoms with Gasteiger partial charge in [0.25, 0.3) is 8.32 Å². The summed E-state index contributed by atoms with van der Waals surface area (Å²) < 4.78 is 7.22. The van der Waals surface area contributed by atoms with Crippen LogP contribution in [0.2, 0.25) is 5.04 Å². The molecule has 3 aromatic carbocycles. The fraction of sp³-hybridized carbons (Fsp3) is 0.543. The van der Waals surface area contributed by atoms with Gasteiger partial charge in [-0.1, -0.05) is 118 Å². The second-order valence-corrected chi connectivity index (χ2v) is 22.1. The van der Waals surface area contributed by atoms with Crippen LogP contribution < -0.4 is 10.4 Å². The molecule has 4 heteroatoms. The SMILES string of the molecule is CC(O)[C@H]1CC[C@H]2[C@@H]3CCC4=CC(=O)CC[C@@]4(C)[C@@H]3CC[C@]12CCCc1ccc(CO[Si](c2ccccc2)(c2ccccc2)C(C)(C)C)cc1. The van der Waals surface area contributed by atoms with Crippen LogP contribution in [0, 0.1) is 34.5 Å². The van der Waals surface area contributed by atoms with E-state index in [2.05, 4.69) is 120 Å². The lowest BCUT2D eigenvalue weighted by Gasteiger charge is -2.59. The van der Waals surface area contributed by atoms with Crippen LogP contribution in [0.15, 0.2) is 96.6 Å². The van der Waals surface area contributed by atoms with E-state index in [1.807, 2.05) is 6.08 Å². The number of ketones is 1. The molecule has 0 saturated heterocycles. The lowest BCUT2D eigenvalue weighted by atomic mass is 9.45. The largest absolute Gasteiger partial charge is 0.403 e. The normalized spacial score (nSPS) is 30.2. The van der Waals surface area contributed by atoms with Crippen molar-refractivity contribution in [1.82, 2.24) is 0 Å². The Morgan fingerprint density at radius 2 is 1.46 bits per heavy atom. The van der Waals surface area contributed by atoms with Gasteiger partial charge in [0, 0.05) is 6.42 Å². The van der Waals surface area contributed by atoms with Gasteiger partial charge in [0.1, 0.15) is 0 Å². The number of hydrogen-bond acceptors (Lipinski definition) is 3. The van der Waals surface area contributed by atoms with E-state index in [1.54, 1.807) is 0 Å². The summed E-state index contributed by atoms with van der Waals surface area (Å²) in [7, 11) is -2.58. The van der Waals surface area contributed by atoms with Crippen LogP contribution in [0.4, 0.5) is 0 Å². The van der Waals surface area contributed by atoms with Gasteiger partial charge in [-0.05, 0) is 138 Å². The maximum absolute atomic E-state index is 12.3. The number of fused-ring (bicyclic) bond motifs is 5. The molecule has 1 N–H and O–H groups in total. The molecule has 50 heavy (non-hydrogen) atoms. The molecular weight excluding hydrogens is 629 g/mol. The Morgan fingerprint density at radius 1 is 0.820 bits per heavy atom. The van der Waals surface area contributed by atoms with Crippen molar-refractivity contribution in [3.05, 3.63) is 108 Å². The first kappa shape index (κ1) is 35.6. The molecule has 4 aliphatic carbocycles. The maximum Gasteiger partial charge on any atom is 0.261 e. The molecule has 3 saturated carbocycles. The zero-order valence-electron chi connectivity index (χ0n) is 31.3. The molecule has 3 aromatic rings. The number of aliphatic hydroxyl groups excluding tert-OH is 1. The van der Waals surface area contributed by atoms with Crippen LogP contribution in [0.25, 0.3) is 0 Å². The van der Waals surface area contributed by atoms with E-state index in [1.165, 1.54) is 72.0 Å². The van der Waals surface area contributed by atoms with Gasteiger partial charge in [-0.25, -0.2) is 0 Å². The minimum absolute atomic E-state index is 0.0417. The standard InChI is InChI=1S/C46H60O3Si/c1-33(47)41-24-25-43-40-23-22-36-31-37(48)26-29-45(36,5)42(40)27-30-46(41,43)28-12-13-34-18-20-35(21-19-34)32-49-50(44(2,3)4,38-14-8-6-9-15-38)39-16-10-7-11-17-39/h6-11,14-21,31,33,40-43,47H,12-13,22-30,32H2,1-5H3/t33?,40-,41-,42-,43+,45-,46-/m1/s1. The van der Waals surface area contributed by atoms with Gasteiger partial charge >= 0.3 is 0 Å². The van der Waals surface area contributed by atoms with Crippen LogP contribution in [-0.2, 0) is 22.2 Å². The number of hydrogen-bond donors (Lipinski definition) is 1. The van der Waals surface area contributed by atoms with E-state index >= 15 is 0 Å². The Hall–Kier alpha value is -2.79. The van der Waals surface area contributed by atoms with Crippen molar-refractivity contribution < 1.29 is 14.3 Å². The van der Waals surface area contributed by atoms with Gasteiger partial charge in [-0.15, -0.1) is 0 Å². The topological polar surface area (TPSA) is 46.5 Å². The highest BCUT2D eigenvalue weighted by Gasteiger charge is 2.61. The fourth-order valence-electron chi connectivity index (χ4n) is 12.0. The van der Waals surface area contributed by atoms with Crippen molar-refractivity contribution in [3.8, 4) is 0 Å². The van der Waals surface area contributed by atoms with Crippen LogP contribution in [0.1, 0.15) is 110 Å². The highest BCUT2D eigenvalue weighted by Crippen LogP contribution is 2.68. The summed E-state index contributed by atoms with van der Waals surface area (Å²) in [5, 5.41) is 13.7. The van der Waals surface area contributed by atoms with Crippen molar-refractivity contribution in [3.63, 3.8) is 0 Å². The van der Waals surface area contributed by atoms with Crippen molar-refractivity contribution in [2.24, 2.45) is 34.5 Å². The predicted octanol–water partition coefficient (Wildman–Crippen LogP) is 9.59. The van der Waals surface area contributed by atoms with Crippen molar-refractivity contribution in [1.29, 1.82) is 0 Å². The third kappa shape index (κ3) is 6.22. The van der Waals surface area contributed by atoms with Gasteiger partial charge in [-0.2, -0.15) is 0 Å². The molecule has 7 rings (SSSR count). The molecule has 3 nitrogen and oxygen atoms in total. The molecule has 0 bridgehead atoms. The number of aliphatic hydroxyl groups is 1. The second kappa shape index (κ2) is 14.0. The number of carbonyl (C=O) groups is 1. The van der Waals surface area contributed by atoms with Gasteiger partial charge in [0.2, 0.25) is 0 Å². The minimum Gasteiger partial charge on any atom is -0.403 e. The van der Waals surface area contributed by atoms with Crippen molar-refractivity contribution >= 4 is 24.5 Å². The summed E-state index contributed by atoms with van der Waals surface area (Å²) in [4.78, 5) is 12.3. The van der Waals surface area contributed by atoms with Crippen LogP contribution >= 0.6 is 0 Å². The number of benzene rings is 3. The molecule has 4 aliphatic rings. The Bertz CT molecular complexity index is 1620. The molecule has 7 atom stereocenters. The van der Waals surface area contributed by atoms with E-state index in [-0.39, 0.29) is 22.0 Å². The molecule has 0 aliphatic heterocycles. The Balaban J connectivity index is 1.04. The lowest BCUT2D eigenvalue weighted by Crippen LogP contribution is -2.66. The van der Waals surface area contributed by atoms with Gasteiger partial charge in [0.05, 0.1) is 12.7 Å². The molecule has 0 heterocycles. The average Bonchev–Trinajstić information content (AvgIpc) is 3.50. The molecule has 0 amide bonds. The molecular formula is C46H60O3Si. The quantitative estimate of drug-likeness (QED) is 0.216. The number of rotatable bonds is 10. The summed E-state index contributed by atoms with van der Waals surface area (Å²) in [6.45, 7) is 12.2. The van der Waals surface area contributed by atoms with Gasteiger partial charge in [0.15, 0.2) is 5.78 Å². The molecule has 3 fully saturated rings. The second-order valence-electron chi connectivity index (χ2n) is 17.8. The third-order valence-electron chi connectivity index (χ3n) is 14.3. The summed E-state index contributed by atoms with van der Waals surface area (Å²) in [5.41, 5.74) is 4.54. The lowest BCUT2D eigenvalue weighted by molar-refractivity contribution is -0.118. The van der Waals surface area contributed by atoms with Crippen LogP contribution in [0.3, 0.4) is 0 Å². The van der Waals surface area contributed by atoms with E-state index in [9.17, 15) is 9.90 Å². The van der Waals surface area contributed by atoms with Gasteiger partial charge < -0.3 is 9.53 Å². The van der Waals surface area contributed by atoms with E-state index in [0.29, 0.717) is 30.1 Å². The molecule has 266 valence electrons. The maximum atomic E-state index is 12.3. The van der Waals surface area contributed by atoms with Crippen molar-refractivity contribution in [2.75, 3.05) is 0 Å². The molecule has 0 spiro atoms. The highest BCUT2D eigenvalue weighted by atomic mass is 28.4. The summed E-state index contributed by atoms with van der Waals surface area (Å²) in [6, 6.07) is 31.1. The zero-order chi connectivity index (χ0) is 35.1. The zero-order valence-corrected chi connectivity index (χ0v) is 32.3. The van der Waals surface area contributed by atoms with E-state index in [4.69, 9.17) is 4.43 Å². The Kier molecular flexibility index (Phi) is 9.95. The third-order valence-corrected chi connectivity index (χ3v) is 19.3. The minimum atomic E-state index is -2.58. The van der Waals surface area contributed by atoms with Crippen LogP contribution in [-0.4, -0.2) is 25.3 Å². The summed E-state index contributed by atoms with van der Waals surface area (Å²) >= 11 is 0. The van der Waals surface area contributed by atoms with E-state index in [0.717, 1.165) is 31.6 Å². The monoisotopic (exact) mass is 688 g/mol.